The van der Waals surface area contributed by atoms with Gasteiger partial charge in [0, 0.05) is 5.92 Å². The summed E-state index contributed by atoms with van der Waals surface area (Å²) < 4.78 is 0. The number of nitrogens with one attached hydrogen (secondary N) is 1. The molecule has 1 saturated carbocycles. The monoisotopic (exact) mass is 213 g/mol. The Morgan fingerprint density at radius 3 is 2.40 bits per heavy atom. The van der Waals surface area contributed by atoms with Gasteiger partial charge >= 0.3 is 5.97 Å². The topological polar surface area (TPSA) is 66.4 Å². The van der Waals surface area contributed by atoms with Gasteiger partial charge < -0.3 is 10.4 Å². The third-order valence-electron chi connectivity index (χ3n) is 3.00. The molecule has 0 heterocycles. The first-order valence-corrected chi connectivity index (χ1v) is 5.68. The minimum Gasteiger partial charge on any atom is -0.480 e. The van der Waals surface area contributed by atoms with Gasteiger partial charge in [0.25, 0.3) is 0 Å². The first-order valence-electron chi connectivity index (χ1n) is 5.68. The molecule has 1 amide bonds. The number of hydrogen-bond acceptors (Lipinski definition) is 2. The molecule has 4 heteroatoms. The number of carbonyl (C=O) groups excluding carboxylic acids is 1. The fourth-order valence-corrected chi connectivity index (χ4v) is 1.99. The average Bonchev–Trinajstić information content (AvgIpc) is 2.26. The van der Waals surface area contributed by atoms with E-state index in [9.17, 15) is 9.59 Å². The highest BCUT2D eigenvalue weighted by atomic mass is 16.4. The highest BCUT2D eigenvalue weighted by Gasteiger charge is 2.25. The zero-order valence-corrected chi connectivity index (χ0v) is 9.16. The van der Waals surface area contributed by atoms with Gasteiger partial charge in [-0.2, -0.15) is 0 Å². The molecule has 4 nitrogen and oxygen atoms in total. The third-order valence-corrected chi connectivity index (χ3v) is 3.00. The number of hydrogen-bond donors (Lipinski definition) is 2. The highest BCUT2D eigenvalue weighted by Crippen LogP contribution is 2.23. The molecule has 1 aliphatic carbocycles. The van der Waals surface area contributed by atoms with E-state index in [0.717, 1.165) is 25.7 Å². The molecule has 0 aromatic heterocycles. The molecule has 1 rings (SSSR count). The summed E-state index contributed by atoms with van der Waals surface area (Å²) in [5.41, 5.74) is 0. The van der Waals surface area contributed by atoms with E-state index in [1.54, 1.807) is 6.92 Å². The van der Waals surface area contributed by atoms with Crippen molar-refractivity contribution in [2.45, 2.75) is 51.5 Å². The lowest BCUT2D eigenvalue weighted by molar-refractivity contribution is -0.142. The van der Waals surface area contributed by atoms with E-state index in [4.69, 9.17) is 5.11 Å². The van der Waals surface area contributed by atoms with Crippen molar-refractivity contribution in [3.63, 3.8) is 0 Å². The van der Waals surface area contributed by atoms with Crippen LogP contribution in [0, 0.1) is 5.92 Å². The van der Waals surface area contributed by atoms with E-state index in [0.29, 0.717) is 6.42 Å². The molecule has 1 aliphatic rings. The Kier molecular flexibility index (Phi) is 4.59. The molecule has 86 valence electrons. The number of carboxylic acid groups (broad SMARTS) is 1. The van der Waals surface area contributed by atoms with Crippen molar-refractivity contribution in [2.75, 3.05) is 0 Å². The van der Waals surface area contributed by atoms with Crippen molar-refractivity contribution in [2.24, 2.45) is 5.92 Å². The Morgan fingerprint density at radius 2 is 1.93 bits per heavy atom. The second-order valence-electron chi connectivity index (χ2n) is 4.14. The Balaban J connectivity index is 2.42. The van der Waals surface area contributed by atoms with Crippen molar-refractivity contribution in [1.82, 2.24) is 5.32 Å². The number of aliphatic carboxylic acids is 1. The summed E-state index contributed by atoms with van der Waals surface area (Å²) in [4.78, 5) is 22.4. The van der Waals surface area contributed by atoms with Crippen molar-refractivity contribution < 1.29 is 14.7 Å². The molecule has 0 radical (unpaired) electrons. The Bertz CT molecular complexity index is 234. The predicted octanol–water partition coefficient (Wildman–Crippen LogP) is 1.55. The normalized spacial score (nSPS) is 19.5. The van der Waals surface area contributed by atoms with Crippen LogP contribution in [0.4, 0.5) is 0 Å². The van der Waals surface area contributed by atoms with Crippen molar-refractivity contribution in [3.8, 4) is 0 Å². The van der Waals surface area contributed by atoms with Gasteiger partial charge in [-0.25, -0.2) is 4.79 Å². The van der Waals surface area contributed by atoms with Crippen LogP contribution in [0.5, 0.6) is 0 Å². The Hall–Kier alpha value is -1.06. The average molecular weight is 213 g/mol. The van der Waals surface area contributed by atoms with Crippen molar-refractivity contribution >= 4 is 11.9 Å². The zero-order valence-electron chi connectivity index (χ0n) is 9.16. The summed E-state index contributed by atoms with van der Waals surface area (Å²) in [7, 11) is 0. The van der Waals surface area contributed by atoms with Gasteiger partial charge in [-0.15, -0.1) is 0 Å². The van der Waals surface area contributed by atoms with Gasteiger partial charge in [0.1, 0.15) is 6.04 Å². The lowest BCUT2D eigenvalue weighted by Gasteiger charge is -2.22. The molecule has 0 aliphatic heterocycles. The van der Waals surface area contributed by atoms with Crippen LogP contribution in [0.1, 0.15) is 45.4 Å². The SMILES string of the molecule is CC[C@H](NC(=O)C1CCCCC1)C(=O)O. The third kappa shape index (κ3) is 3.53. The van der Waals surface area contributed by atoms with Crippen LogP contribution >= 0.6 is 0 Å². The molecule has 0 bridgehead atoms. The molecular formula is C11H19NO3. The Labute approximate surface area is 90.0 Å². The predicted molar refractivity (Wildman–Crippen MR) is 56.4 cm³/mol. The van der Waals surface area contributed by atoms with Crippen molar-refractivity contribution in [1.29, 1.82) is 0 Å². The van der Waals surface area contributed by atoms with Gasteiger partial charge in [0.2, 0.25) is 5.91 Å². The molecule has 0 saturated heterocycles. The summed E-state index contributed by atoms with van der Waals surface area (Å²) in [6.07, 6.45) is 5.61. The van der Waals surface area contributed by atoms with Crippen LogP contribution in [0.3, 0.4) is 0 Å². The van der Waals surface area contributed by atoms with Crippen molar-refractivity contribution in [3.05, 3.63) is 0 Å². The number of rotatable bonds is 4. The highest BCUT2D eigenvalue weighted by molar-refractivity contribution is 5.84. The van der Waals surface area contributed by atoms with Gasteiger partial charge in [-0.05, 0) is 19.3 Å². The van der Waals surface area contributed by atoms with Gasteiger partial charge in [-0.1, -0.05) is 26.2 Å². The van der Waals surface area contributed by atoms with E-state index in [1.165, 1.54) is 6.42 Å². The fourth-order valence-electron chi connectivity index (χ4n) is 1.99. The van der Waals surface area contributed by atoms with Crippen LogP contribution < -0.4 is 5.32 Å². The van der Waals surface area contributed by atoms with Crippen LogP contribution in [0.15, 0.2) is 0 Å². The maximum Gasteiger partial charge on any atom is 0.326 e. The lowest BCUT2D eigenvalue weighted by atomic mass is 9.88. The van der Waals surface area contributed by atoms with Crippen LogP contribution in [0.25, 0.3) is 0 Å². The van der Waals surface area contributed by atoms with E-state index < -0.39 is 12.0 Å². The summed E-state index contributed by atoms with van der Waals surface area (Å²) >= 11 is 0. The van der Waals surface area contributed by atoms with Crippen LogP contribution in [0.2, 0.25) is 0 Å². The second kappa shape index (κ2) is 5.73. The summed E-state index contributed by atoms with van der Waals surface area (Å²) in [6.45, 7) is 1.76. The number of carboxylic acids is 1. The molecule has 0 aromatic carbocycles. The molecule has 0 unspecified atom stereocenters. The number of amides is 1. The fraction of sp³-hybridized carbons (Fsp3) is 0.818. The van der Waals surface area contributed by atoms with Crippen LogP contribution in [-0.4, -0.2) is 23.0 Å². The minimum absolute atomic E-state index is 0.0344. The summed E-state index contributed by atoms with van der Waals surface area (Å²) in [6, 6.07) is -0.723. The zero-order chi connectivity index (χ0) is 11.3. The quantitative estimate of drug-likeness (QED) is 0.744. The van der Waals surface area contributed by atoms with E-state index in [1.807, 2.05) is 0 Å². The molecule has 0 spiro atoms. The first-order chi connectivity index (χ1) is 7.15. The second-order valence-corrected chi connectivity index (χ2v) is 4.14. The van der Waals surface area contributed by atoms with E-state index >= 15 is 0 Å². The minimum atomic E-state index is -0.943. The lowest BCUT2D eigenvalue weighted by Crippen LogP contribution is -2.43. The van der Waals surface area contributed by atoms with E-state index in [2.05, 4.69) is 5.32 Å². The first kappa shape index (κ1) is 12.0. The smallest absolute Gasteiger partial charge is 0.326 e. The molecule has 0 aromatic rings. The van der Waals surface area contributed by atoms with Crippen LogP contribution in [-0.2, 0) is 9.59 Å². The van der Waals surface area contributed by atoms with Gasteiger partial charge in [0.15, 0.2) is 0 Å². The largest absolute Gasteiger partial charge is 0.480 e. The number of carbonyl (C=O) groups is 2. The summed E-state index contributed by atoms with van der Waals surface area (Å²) in [5, 5.41) is 11.4. The molecular weight excluding hydrogens is 194 g/mol. The van der Waals surface area contributed by atoms with E-state index in [-0.39, 0.29) is 11.8 Å². The molecule has 15 heavy (non-hydrogen) atoms. The molecule has 1 atom stereocenters. The molecule has 2 N–H and O–H groups in total. The Morgan fingerprint density at radius 1 is 1.33 bits per heavy atom. The maximum atomic E-state index is 11.7. The van der Waals surface area contributed by atoms with Gasteiger partial charge in [0.05, 0.1) is 0 Å². The summed E-state index contributed by atoms with van der Waals surface area (Å²) in [5.74, 6) is -0.988. The molecule has 1 fully saturated rings. The standard InChI is InChI=1S/C11H19NO3/c1-2-9(11(14)15)12-10(13)8-6-4-3-5-7-8/h8-9H,2-7H2,1H3,(H,12,13)(H,14,15)/t9-/m0/s1. The van der Waals surface area contributed by atoms with Gasteiger partial charge in [-0.3, -0.25) is 4.79 Å². The maximum absolute atomic E-state index is 11.7.